The van der Waals surface area contributed by atoms with Gasteiger partial charge in [-0.3, -0.25) is 19.4 Å². The van der Waals surface area contributed by atoms with Gasteiger partial charge in [-0.1, -0.05) is 17.7 Å². The number of benzene rings is 1. The Morgan fingerprint density at radius 2 is 1.93 bits per heavy atom. The van der Waals surface area contributed by atoms with Gasteiger partial charge in [-0.15, -0.1) is 0 Å². The zero-order valence-electron chi connectivity index (χ0n) is 15.4. The van der Waals surface area contributed by atoms with E-state index in [1.54, 1.807) is 12.1 Å². The van der Waals surface area contributed by atoms with Crippen LogP contribution < -0.4 is 21.1 Å². The first kappa shape index (κ1) is 18.2. The van der Waals surface area contributed by atoms with Crippen LogP contribution in [0.4, 0.5) is 17.5 Å². The van der Waals surface area contributed by atoms with Gasteiger partial charge >= 0.3 is 0 Å². The maximum atomic E-state index is 12.8. The molecule has 9 nitrogen and oxygen atoms in total. The number of ether oxygens (including phenoxy) is 1. The number of nitrogens with one attached hydrogen (secondary N) is 3. The molecule has 0 radical (unpaired) electrons. The number of aromatic amines is 1. The fourth-order valence-corrected chi connectivity index (χ4v) is 3.37. The molecular formula is C19H21N5O4. The summed E-state index contributed by atoms with van der Waals surface area (Å²) in [5, 5.41) is 5.41. The van der Waals surface area contributed by atoms with Crippen LogP contribution in [0.15, 0.2) is 29.1 Å². The van der Waals surface area contributed by atoms with Gasteiger partial charge in [-0.2, -0.15) is 4.98 Å². The number of hydrogen-bond donors (Lipinski definition) is 3. The van der Waals surface area contributed by atoms with Gasteiger partial charge in [0, 0.05) is 25.2 Å². The minimum atomic E-state index is -0.903. The van der Waals surface area contributed by atoms with Crippen molar-refractivity contribution in [3.63, 3.8) is 0 Å². The molecule has 2 aromatic rings. The van der Waals surface area contributed by atoms with E-state index < -0.39 is 17.4 Å². The largest absolute Gasteiger partial charge is 0.378 e. The van der Waals surface area contributed by atoms with Crippen LogP contribution in [0, 0.1) is 6.92 Å². The summed E-state index contributed by atoms with van der Waals surface area (Å²) in [6, 6.07) is 7.31. The number of carbonyl (C=O) groups is 2. The lowest BCUT2D eigenvalue weighted by atomic mass is 9.92. The normalized spacial score (nSPS) is 19.0. The minimum Gasteiger partial charge on any atom is -0.378 e. The minimum absolute atomic E-state index is 0.105. The number of rotatable bonds is 3. The van der Waals surface area contributed by atoms with E-state index in [1.807, 2.05) is 24.0 Å². The van der Waals surface area contributed by atoms with Crippen LogP contribution in [-0.4, -0.2) is 48.1 Å². The fourth-order valence-electron chi connectivity index (χ4n) is 3.37. The molecule has 3 heterocycles. The van der Waals surface area contributed by atoms with Crippen LogP contribution >= 0.6 is 0 Å². The van der Waals surface area contributed by atoms with E-state index in [0.29, 0.717) is 37.9 Å². The van der Waals surface area contributed by atoms with E-state index in [2.05, 4.69) is 20.6 Å². The molecule has 0 saturated carbocycles. The van der Waals surface area contributed by atoms with Gasteiger partial charge in [0.15, 0.2) is 0 Å². The predicted octanol–water partition coefficient (Wildman–Crippen LogP) is 0.979. The van der Waals surface area contributed by atoms with Crippen molar-refractivity contribution < 1.29 is 14.3 Å². The summed E-state index contributed by atoms with van der Waals surface area (Å²) < 4.78 is 5.31. The Hall–Kier alpha value is -3.20. The summed E-state index contributed by atoms with van der Waals surface area (Å²) in [4.78, 5) is 46.8. The average molecular weight is 383 g/mol. The number of H-pyrrole nitrogens is 1. The topological polar surface area (TPSA) is 116 Å². The second-order valence-corrected chi connectivity index (χ2v) is 6.91. The van der Waals surface area contributed by atoms with E-state index in [1.165, 1.54) is 0 Å². The molecule has 2 aliphatic heterocycles. The highest BCUT2D eigenvalue weighted by Gasteiger charge is 2.35. The van der Waals surface area contributed by atoms with Gasteiger partial charge in [0.2, 0.25) is 17.8 Å². The first-order chi connectivity index (χ1) is 13.5. The van der Waals surface area contributed by atoms with Gasteiger partial charge in [-0.05, 0) is 19.1 Å². The van der Waals surface area contributed by atoms with Gasteiger partial charge in [0.05, 0.1) is 24.7 Å². The summed E-state index contributed by atoms with van der Waals surface area (Å²) in [5.74, 6) is -1.15. The summed E-state index contributed by atoms with van der Waals surface area (Å²) in [6.07, 6.45) is -0.105. The molecular weight excluding hydrogens is 362 g/mol. The first-order valence-electron chi connectivity index (χ1n) is 9.15. The van der Waals surface area contributed by atoms with Crippen molar-refractivity contribution in [2.24, 2.45) is 0 Å². The van der Waals surface area contributed by atoms with E-state index in [0.717, 1.165) is 5.56 Å². The third-order valence-electron chi connectivity index (χ3n) is 4.88. The maximum absolute atomic E-state index is 12.8. The number of aryl methyl sites for hydroxylation is 1. The number of amides is 2. The number of anilines is 3. The second kappa shape index (κ2) is 7.43. The van der Waals surface area contributed by atoms with Crippen molar-refractivity contribution >= 4 is 29.3 Å². The lowest BCUT2D eigenvalue weighted by Gasteiger charge is -2.29. The fraction of sp³-hybridized carbons (Fsp3) is 0.368. The Kier molecular flexibility index (Phi) is 4.82. The van der Waals surface area contributed by atoms with Crippen molar-refractivity contribution in [3.8, 4) is 0 Å². The van der Waals surface area contributed by atoms with Crippen molar-refractivity contribution in [3.05, 3.63) is 45.7 Å². The molecule has 0 aliphatic carbocycles. The van der Waals surface area contributed by atoms with Crippen LogP contribution in [0.25, 0.3) is 0 Å². The molecule has 1 atom stereocenters. The molecule has 146 valence electrons. The number of aromatic nitrogens is 2. The van der Waals surface area contributed by atoms with Crippen molar-refractivity contribution in [2.45, 2.75) is 19.3 Å². The zero-order valence-corrected chi connectivity index (χ0v) is 15.4. The molecule has 1 fully saturated rings. The van der Waals surface area contributed by atoms with E-state index in [9.17, 15) is 14.4 Å². The summed E-state index contributed by atoms with van der Waals surface area (Å²) in [5.41, 5.74) is 1.44. The summed E-state index contributed by atoms with van der Waals surface area (Å²) >= 11 is 0. The van der Waals surface area contributed by atoms with E-state index in [-0.39, 0.29) is 23.7 Å². The van der Waals surface area contributed by atoms with Gasteiger partial charge in [0.25, 0.3) is 5.56 Å². The highest BCUT2D eigenvalue weighted by Crippen LogP contribution is 2.30. The number of hydrogen-bond acceptors (Lipinski definition) is 6. The van der Waals surface area contributed by atoms with Crippen LogP contribution in [0.1, 0.15) is 23.5 Å². The Bertz CT molecular complexity index is 963. The van der Waals surface area contributed by atoms with Gasteiger partial charge in [0.1, 0.15) is 5.82 Å². The SMILES string of the molecule is Cc1ccc(NC(=O)[C@@H]2CC(=O)Nc3nc(N4CCOCC4)[nH]c(=O)c32)cc1. The van der Waals surface area contributed by atoms with E-state index >= 15 is 0 Å². The summed E-state index contributed by atoms with van der Waals surface area (Å²) in [6.45, 7) is 4.20. The standard InChI is InChI=1S/C19H21N5O4/c1-11-2-4-12(5-3-11)20-17(26)13-10-14(25)21-16-15(13)18(27)23-19(22-16)24-6-8-28-9-7-24/h2-5,13H,6-10H2,1H3,(H,20,26)(H2,21,22,23,25,27)/t13-/m1/s1. The second-order valence-electron chi connectivity index (χ2n) is 6.91. The van der Waals surface area contributed by atoms with Crippen LogP contribution in [0.2, 0.25) is 0 Å². The molecule has 0 spiro atoms. The molecule has 1 saturated heterocycles. The molecule has 9 heteroatoms. The third-order valence-corrected chi connectivity index (χ3v) is 4.88. The molecule has 0 bridgehead atoms. The Labute approximate surface area is 161 Å². The Morgan fingerprint density at radius 1 is 1.21 bits per heavy atom. The lowest BCUT2D eigenvalue weighted by Crippen LogP contribution is -2.41. The van der Waals surface area contributed by atoms with Gasteiger partial charge < -0.3 is 20.3 Å². The molecule has 2 aliphatic rings. The molecule has 1 aromatic carbocycles. The quantitative estimate of drug-likeness (QED) is 0.728. The molecule has 2 amide bonds. The van der Waals surface area contributed by atoms with E-state index in [4.69, 9.17) is 4.74 Å². The van der Waals surface area contributed by atoms with Crippen molar-refractivity contribution in [1.29, 1.82) is 0 Å². The monoisotopic (exact) mass is 383 g/mol. The number of morpholine rings is 1. The number of fused-ring (bicyclic) bond motifs is 1. The summed E-state index contributed by atoms with van der Waals surface area (Å²) in [7, 11) is 0. The predicted molar refractivity (Wildman–Crippen MR) is 104 cm³/mol. The molecule has 28 heavy (non-hydrogen) atoms. The van der Waals surface area contributed by atoms with Gasteiger partial charge in [-0.25, -0.2) is 0 Å². The lowest BCUT2D eigenvalue weighted by molar-refractivity contribution is -0.123. The van der Waals surface area contributed by atoms with Crippen molar-refractivity contribution in [2.75, 3.05) is 41.8 Å². The average Bonchev–Trinajstić information content (AvgIpc) is 2.69. The third kappa shape index (κ3) is 3.61. The first-order valence-corrected chi connectivity index (χ1v) is 9.15. The molecule has 1 aromatic heterocycles. The highest BCUT2D eigenvalue weighted by atomic mass is 16.5. The Balaban J connectivity index is 1.64. The number of nitrogens with zero attached hydrogens (tertiary/aromatic N) is 2. The number of carbonyl (C=O) groups excluding carboxylic acids is 2. The molecule has 4 rings (SSSR count). The van der Waals surface area contributed by atoms with Crippen LogP contribution in [-0.2, 0) is 14.3 Å². The van der Waals surface area contributed by atoms with Crippen LogP contribution in [0.3, 0.4) is 0 Å². The molecule has 0 unspecified atom stereocenters. The smallest absolute Gasteiger partial charge is 0.258 e. The maximum Gasteiger partial charge on any atom is 0.258 e. The van der Waals surface area contributed by atoms with Crippen LogP contribution in [0.5, 0.6) is 0 Å². The molecule has 3 N–H and O–H groups in total. The zero-order chi connectivity index (χ0) is 19.7. The Morgan fingerprint density at radius 3 is 2.64 bits per heavy atom. The van der Waals surface area contributed by atoms with Crippen molar-refractivity contribution in [1.82, 2.24) is 9.97 Å². The highest BCUT2D eigenvalue weighted by molar-refractivity contribution is 6.04.